The van der Waals surface area contributed by atoms with Gasteiger partial charge in [0, 0.05) is 26.1 Å². The molecule has 14 heavy (non-hydrogen) atoms. The molecule has 0 amide bonds. The van der Waals surface area contributed by atoms with Gasteiger partial charge in [-0.05, 0) is 25.7 Å². The first-order valence-electron chi connectivity index (χ1n) is 5.84. The van der Waals surface area contributed by atoms with E-state index in [0.29, 0.717) is 6.10 Å². The summed E-state index contributed by atoms with van der Waals surface area (Å²) >= 11 is 0. The van der Waals surface area contributed by atoms with E-state index in [0.717, 1.165) is 26.1 Å². The van der Waals surface area contributed by atoms with Gasteiger partial charge in [-0.2, -0.15) is 0 Å². The van der Waals surface area contributed by atoms with Crippen LogP contribution in [0.4, 0.5) is 0 Å². The minimum absolute atomic E-state index is 0.431. The number of hydrogen-bond donors (Lipinski definition) is 1. The average Bonchev–Trinajstić information content (AvgIpc) is 2.58. The number of rotatable bonds is 2. The molecule has 0 aromatic carbocycles. The van der Waals surface area contributed by atoms with Crippen molar-refractivity contribution >= 4 is 5.84 Å². The third-order valence-electron chi connectivity index (χ3n) is 2.93. The van der Waals surface area contributed by atoms with Crippen LogP contribution in [-0.4, -0.2) is 31.6 Å². The normalized spacial score (nSPS) is 28.3. The lowest BCUT2D eigenvalue weighted by Crippen LogP contribution is -2.31. The molecule has 80 valence electrons. The first kappa shape index (κ1) is 9.97. The van der Waals surface area contributed by atoms with Crippen molar-refractivity contribution in [1.82, 2.24) is 5.32 Å². The third kappa shape index (κ3) is 2.98. The highest BCUT2D eigenvalue weighted by Gasteiger charge is 2.15. The van der Waals surface area contributed by atoms with Crippen molar-refractivity contribution in [1.29, 1.82) is 0 Å². The molecular weight excluding hydrogens is 176 g/mol. The zero-order chi connectivity index (χ0) is 9.64. The fourth-order valence-electron chi connectivity index (χ4n) is 2.06. The summed E-state index contributed by atoms with van der Waals surface area (Å²) in [6.07, 6.45) is 7.86. The first-order chi connectivity index (χ1) is 6.95. The zero-order valence-corrected chi connectivity index (χ0v) is 8.80. The molecule has 0 aromatic rings. The van der Waals surface area contributed by atoms with Gasteiger partial charge < -0.3 is 10.1 Å². The van der Waals surface area contributed by atoms with Gasteiger partial charge in [-0.3, -0.25) is 4.99 Å². The molecule has 1 saturated heterocycles. The van der Waals surface area contributed by atoms with Gasteiger partial charge in [0.2, 0.25) is 0 Å². The number of amidine groups is 1. The summed E-state index contributed by atoms with van der Waals surface area (Å²) in [6, 6.07) is 0. The van der Waals surface area contributed by atoms with Crippen LogP contribution in [0.1, 0.15) is 38.5 Å². The van der Waals surface area contributed by atoms with Crippen LogP contribution in [0, 0.1) is 0 Å². The van der Waals surface area contributed by atoms with Crippen LogP contribution in [0.15, 0.2) is 4.99 Å². The van der Waals surface area contributed by atoms with E-state index < -0.39 is 0 Å². The molecule has 3 nitrogen and oxygen atoms in total. The van der Waals surface area contributed by atoms with Gasteiger partial charge in [-0.1, -0.05) is 6.42 Å². The van der Waals surface area contributed by atoms with Crippen LogP contribution >= 0.6 is 0 Å². The molecule has 0 bridgehead atoms. The Bertz CT molecular complexity index is 197. The zero-order valence-electron chi connectivity index (χ0n) is 8.80. The van der Waals surface area contributed by atoms with Gasteiger partial charge in [0.1, 0.15) is 0 Å². The van der Waals surface area contributed by atoms with Crippen LogP contribution in [0.2, 0.25) is 0 Å². The van der Waals surface area contributed by atoms with Gasteiger partial charge >= 0.3 is 0 Å². The van der Waals surface area contributed by atoms with Gasteiger partial charge in [-0.25, -0.2) is 0 Å². The first-order valence-corrected chi connectivity index (χ1v) is 5.84. The minimum Gasteiger partial charge on any atom is -0.376 e. The Morgan fingerprint density at radius 1 is 1.29 bits per heavy atom. The smallest absolute Gasteiger partial charge is 0.0963 e. The lowest BCUT2D eigenvalue weighted by atomic mass is 10.2. The Hall–Kier alpha value is -0.570. The fourth-order valence-corrected chi connectivity index (χ4v) is 2.06. The summed E-state index contributed by atoms with van der Waals surface area (Å²) < 4.78 is 5.56. The maximum Gasteiger partial charge on any atom is 0.0963 e. The van der Waals surface area contributed by atoms with E-state index in [1.807, 2.05) is 0 Å². The van der Waals surface area contributed by atoms with Crippen LogP contribution in [0.5, 0.6) is 0 Å². The molecule has 2 aliphatic rings. The lowest BCUT2D eigenvalue weighted by molar-refractivity contribution is 0.114. The second-order valence-electron chi connectivity index (χ2n) is 4.16. The van der Waals surface area contributed by atoms with E-state index in [4.69, 9.17) is 4.74 Å². The Morgan fingerprint density at radius 3 is 3.14 bits per heavy atom. The summed E-state index contributed by atoms with van der Waals surface area (Å²) in [5, 5.41) is 3.43. The molecule has 1 atom stereocenters. The van der Waals surface area contributed by atoms with Gasteiger partial charge in [0.15, 0.2) is 0 Å². The summed E-state index contributed by atoms with van der Waals surface area (Å²) in [5.41, 5.74) is 0. The molecule has 0 unspecified atom stereocenters. The van der Waals surface area contributed by atoms with Crippen LogP contribution < -0.4 is 5.32 Å². The topological polar surface area (TPSA) is 33.6 Å². The highest BCUT2D eigenvalue weighted by atomic mass is 16.5. The molecule has 0 radical (unpaired) electrons. The summed E-state index contributed by atoms with van der Waals surface area (Å²) in [6.45, 7) is 2.91. The number of nitrogens with zero attached hydrogens (tertiary/aromatic N) is 1. The average molecular weight is 196 g/mol. The molecular formula is C11H20N2O. The van der Waals surface area contributed by atoms with Crippen molar-refractivity contribution < 1.29 is 4.74 Å². The largest absolute Gasteiger partial charge is 0.376 e. The van der Waals surface area contributed by atoms with E-state index in [1.165, 1.54) is 37.9 Å². The lowest BCUT2D eigenvalue weighted by Gasteiger charge is -2.12. The highest BCUT2D eigenvalue weighted by Crippen LogP contribution is 2.11. The quantitative estimate of drug-likeness (QED) is 0.729. The predicted molar refractivity (Wildman–Crippen MR) is 57.7 cm³/mol. The second kappa shape index (κ2) is 5.35. The van der Waals surface area contributed by atoms with E-state index in [-0.39, 0.29) is 0 Å². The van der Waals surface area contributed by atoms with Crippen molar-refractivity contribution in [2.24, 2.45) is 4.99 Å². The molecule has 0 saturated carbocycles. The Balaban J connectivity index is 1.70. The van der Waals surface area contributed by atoms with E-state index in [2.05, 4.69) is 10.3 Å². The molecule has 3 heteroatoms. The standard InChI is InChI=1S/C11H20N2O/c1-2-6-11(12-7-3-1)13-9-10-5-4-8-14-10/h10H,1-9H2,(H,12,13)/t10-/m1/s1. The fraction of sp³-hybridized carbons (Fsp3) is 0.909. The molecule has 2 heterocycles. The van der Waals surface area contributed by atoms with Gasteiger partial charge in [0.05, 0.1) is 11.9 Å². The third-order valence-corrected chi connectivity index (χ3v) is 2.93. The molecule has 1 fully saturated rings. The SMILES string of the molecule is C1CCN=C(NC[C@H]2CCCO2)CC1. The van der Waals surface area contributed by atoms with Crippen molar-refractivity contribution in [3.8, 4) is 0 Å². The molecule has 2 aliphatic heterocycles. The summed E-state index contributed by atoms with van der Waals surface area (Å²) in [4.78, 5) is 4.53. The summed E-state index contributed by atoms with van der Waals surface area (Å²) in [5.74, 6) is 1.21. The number of ether oxygens (including phenoxy) is 1. The van der Waals surface area contributed by atoms with Crippen molar-refractivity contribution in [2.45, 2.75) is 44.6 Å². The molecule has 0 aliphatic carbocycles. The number of nitrogens with one attached hydrogen (secondary N) is 1. The molecule has 1 N–H and O–H groups in total. The van der Waals surface area contributed by atoms with Crippen LogP contribution in [0.3, 0.4) is 0 Å². The van der Waals surface area contributed by atoms with Crippen molar-refractivity contribution in [3.05, 3.63) is 0 Å². The number of aliphatic imine (C=N–C) groups is 1. The monoisotopic (exact) mass is 196 g/mol. The van der Waals surface area contributed by atoms with E-state index in [1.54, 1.807) is 0 Å². The minimum atomic E-state index is 0.431. The van der Waals surface area contributed by atoms with E-state index in [9.17, 15) is 0 Å². The molecule has 0 spiro atoms. The maximum atomic E-state index is 5.56. The van der Waals surface area contributed by atoms with Gasteiger partial charge in [0.25, 0.3) is 0 Å². The van der Waals surface area contributed by atoms with Gasteiger partial charge in [-0.15, -0.1) is 0 Å². The Labute approximate surface area is 85.9 Å². The number of hydrogen-bond acceptors (Lipinski definition) is 3. The predicted octanol–water partition coefficient (Wildman–Crippen LogP) is 1.73. The van der Waals surface area contributed by atoms with E-state index >= 15 is 0 Å². The van der Waals surface area contributed by atoms with Crippen molar-refractivity contribution in [2.75, 3.05) is 19.7 Å². The highest BCUT2D eigenvalue weighted by molar-refractivity contribution is 5.82. The Kier molecular flexibility index (Phi) is 3.80. The van der Waals surface area contributed by atoms with Crippen LogP contribution in [-0.2, 0) is 4.74 Å². The Morgan fingerprint density at radius 2 is 2.29 bits per heavy atom. The molecule has 2 rings (SSSR count). The summed E-state index contributed by atoms with van der Waals surface area (Å²) in [7, 11) is 0. The van der Waals surface area contributed by atoms with Crippen LogP contribution in [0.25, 0.3) is 0 Å². The maximum absolute atomic E-state index is 5.56. The second-order valence-corrected chi connectivity index (χ2v) is 4.16. The van der Waals surface area contributed by atoms with Crippen molar-refractivity contribution in [3.63, 3.8) is 0 Å². The molecule has 0 aromatic heterocycles.